The number of fused-ring (bicyclic) bond motifs is 1. The Morgan fingerprint density at radius 1 is 0.970 bits per heavy atom. The maximum atomic E-state index is 11.2. The van der Waals surface area contributed by atoms with Gasteiger partial charge in [-0.3, -0.25) is 9.97 Å². The molecule has 3 N–H and O–H groups in total. The van der Waals surface area contributed by atoms with E-state index in [1.165, 1.54) is 6.20 Å². The van der Waals surface area contributed by atoms with Crippen molar-refractivity contribution < 1.29 is 9.90 Å². The second-order valence-electron chi connectivity index (χ2n) is 7.93. The zero-order chi connectivity index (χ0) is 23.4. The van der Waals surface area contributed by atoms with E-state index in [9.17, 15) is 9.90 Å². The monoisotopic (exact) mass is 462 g/mol. The second kappa shape index (κ2) is 9.93. The lowest BCUT2D eigenvalue weighted by Crippen LogP contribution is -2.44. The van der Waals surface area contributed by atoms with Crippen molar-refractivity contribution in [1.29, 1.82) is 0 Å². The average Bonchev–Trinajstić information content (AvgIpc) is 3.25. The summed E-state index contributed by atoms with van der Waals surface area (Å²) in [6, 6.07) is 7.28. The van der Waals surface area contributed by atoms with Crippen molar-refractivity contribution in [2.75, 3.05) is 43.9 Å². The van der Waals surface area contributed by atoms with Gasteiger partial charge in [0.2, 0.25) is 0 Å². The summed E-state index contributed by atoms with van der Waals surface area (Å²) < 4.78 is 0. The molecule has 0 radical (unpaired) electrons. The number of nitrogen functional groups attached to an aromatic ring is 1. The maximum absolute atomic E-state index is 11.2. The molecule has 0 spiro atoms. The fraction of sp³-hybridized carbons (Fsp3) is 0.250. The lowest BCUT2D eigenvalue weighted by Gasteiger charge is -2.33. The van der Waals surface area contributed by atoms with E-state index >= 15 is 0 Å². The summed E-state index contributed by atoms with van der Waals surface area (Å²) in [5.74, 6) is 0.0476. The minimum atomic E-state index is -0.987. The van der Waals surface area contributed by atoms with Crippen LogP contribution in [0.4, 0.5) is 11.5 Å². The molecule has 4 aromatic rings. The van der Waals surface area contributed by atoms with Crippen molar-refractivity contribution in [1.82, 2.24) is 19.9 Å². The molecule has 0 unspecified atom stereocenters. The van der Waals surface area contributed by atoms with E-state index in [-0.39, 0.29) is 5.56 Å². The van der Waals surface area contributed by atoms with E-state index in [0.29, 0.717) is 11.0 Å². The number of pyridine rings is 1. The molecule has 0 aliphatic carbocycles. The van der Waals surface area contributed by atoms with E-state index in [1.54, 1.807) is 35.9 Å². The number of aryl methyl sites for hydroxylation is 1. The van der Waals surface area contributed by atoms with Crippen LogP contribution in [0.25, 0.3) is 22.2 Å². The number of benzene rings is 1. The van der Waals surface area contributed by atoms with Gasteiger partial charge in [-0.1, -0.05) is 6.07 Å². The Labute approximate surface area is 196 Å². The van der Waals surface area contributed by atoms with Gasteiger partial charge < -0.3 is 20.6 Å². The van der Waals surface area contributed by atoms with E-state index < -0.39 is 5.97 Å². The maximum Gasteiger partial charge on any atom is 0.337 e. The highest BCUT2D eigenvalue weighted by Gasteiger charge is 2.16. The molecular weight excluding hydrogens is 436 g/mol. The third kappa shape index (κ3) is 5.10. The molecule has 0 bridgehead atoms. The van der Waals surface area contributed by atoms with Gasteiger partial charge in [0.25, 0.3) is 0 Å². The first-order chi connectivity index (χ1) is 15.9. The van der Waals surface area contributed by atoms with Crippen LogP contribution in [0.3, 0.4) is 0 Å². The number of likely N-dealkylation sites (N-methyl/N-ethyl adjacent to an activating group) is 1. The van der Waals surface area contributed by atoms with Gasteiger partial charge in [0.1, 0.15) is 11.3 Å². The van der Waals surface area contributed by atoms with Crippen LogP contribution >= 0.6 is 11.3 Å². The average molecular weight is 463 g/mol. The summed E-state index contributed by atoms with van der Waals surface area (Å²) >= 11 is 1.62. The Morgan fingerprint density at radius 3 is 2.30 bits per heavy atom. The molecule has 1 aliphatic rings. The number of carboxylic acids is 1. The molecule has 3 aromatic heterocycles. The number of piperazine rings is 1. The molecule has 0 saturated carbocycles. The van der Waals surface area contributed by atoms with Gasteiger partial charge in [-0.25, -0.2) is 9.78 Å². The predicted octanol–water partition coefficient (Wildman–Crippen LogP) is 3.78. The molecule has 1 aliphatic heterocycles. The van der Waals surface area contributed by atoms with Gasteiger partial charge >= 0.3 is 5.97 Å². The van der Waals surface area contributed by atoms with Crippen molar-refractivity contribution in [3.05, 3.63) is 64.7 Å². The van der Waals surface area contributed by atoms with Crippen LogP contribution in [0.1, 0.15) is 15.9 Å². The molecule has 170 valence electrons. The van der Waals surface area contributed by atoms with Gasteiger partial charge in [-0.2, -0.15) is 11.3 Å². The number of hydrogen-bond acceptors (Lipinski definition) is 8. The summed E-state index contributed by atoms with van der Waals surface area (Å²) in [6.45, 7) is 6.33. The molecule has 8 nitrogen and oxygen atoms in total. The van der Waals surface area contributed by atoms with E-state index in [2.05, 4.69) is 37.2 Å². The predicted molar refractivity (Wildman–Crippen MR) is 133 cm³/mol. The Bertz CT molecular complexity index is 1250. The van der Waals surface area contributed by atoms with Gasteiger partial charge in [0, 0.05) is 44.1 Å². The highest BCUT2D eigenvalue weighted by Crippen LogP contribution is 2.32. The Balaban J connectivity index is 0.000000165. The van der Waals surface area contributed by atoms with Gasteiger partial charge in [-0.15, -0.1) is 0 Å². The number of rotatable bonds is 3. The van der Waals surface area contributed by atoms with Crippen molar-refractivity contribution in [3.8, 4) is 11.1 Å². The number of nitrogens with zero attached hydrogens (tertiary/aromatic N) is 5. The molecule has 1 saturated heterocycles. The molecule has 1 fully saturated rings. The van der Waals surface area contributed by atoms with Crippen LogP contribution in [-0.4, -0.2) is 64.2 Å². The molecule has 0 amide bonds. The standard InChI is InChI=1S/C14H10N2O2S.C10H16N4/c1-8-6-19-7-11(8)9-2-3-10(14(17)18)13-12(9)15-4-5-16-13;1-13-4-6-14(7-5-13)10-3-2-9(11)8-12-10/h2-7H,1H3,(H,17,18);2-3,8H,4-7,11H2,1H3. The Morgan fingerprint density at radius 2 is 1.70 bits per heavy atom. The van der Waals surface area contributed by atoms with E-state index in [1.807, 2.05) is 24.4 Å². The van der Waals surface area contributed by atoms with Crippen molar-refractivity contribution >= 4 is 39.8 Å². The summed E-state index contributed by atoms with van der Waals surface area (Å²) in [6.07, 6.45) is 4.81. The SMILES string of the molecule is CN1CCN(c2ccc(N)cn2)CC1.Cc1cscc1-c1ccc(C(=O)O)c2nccnc12. The minimum Gasteiger partial charge on any atom is -0.478 e. The minimum absolute atomic E-state index is 0.180. The topological polar surface area (TPSA) is 108 Å². The molecule has 5 rings (SSSR count). The molecule has 9 heteroatoms. The second-order valence-corrected chi connectivity index (χ2v) is 8.67. The number of carboxylic acid groups (broad SMARTS) is 1. The zero-order valence-electron chi connectivity index (χ0n) is 18.6. The van der Waals surface area contributed by atoms with Gasteiger partial charge in [-0.05, 0) is 54.1 Å². The van der Waals surface area contributed by atoms with Crippen LogP contribution < -0.4 is 10.6 Å². The summed E-state index contributed by atoms with van der Waals surface area (Å²) in [5.41, 5.74) is 10.7. The van der Waals surface area contributed by atoms with Gasteiger partial charge in [0.15, 0.2) is 0 Å². The molecule has 4 heterocycles. The smallest absolute Gasteiger partial charge is 0.337 e. The number of nitrogens with two attached hydrogens (primary N) is 1. The van der Waals surface area contributed by atoms with Crippen molar-refractivity contribution in [2.24, 2.45) is 0 Å². The molecule has 33 heavy (non-hydrogen) atoms. The summed E-state index contributed by atoms with van der Waals surface area (Å²) in [4.78, 5) is 28.6. The quantitative estimate of drug-likeness (QED) is 0.474. The zero-order valence-corrected chi connectivity index (χ0v) is 19.4. The number of aromatic carboxylic acids is 1. The number of hydrogen-bond donors (Lipinski definition) is 2. The van der Waals surface area contributed by atoms with Crippen LogP contribution in [0.5, 0.6) is 0 Å². The molecular formula is C24H26N6O2S. The fourth-order valence-electron chi connectivity index (χ4n) is 3.70. The third-order valence-corrected chi connectivity index (χ3v) is 6.46. The highest BCUT2D eigenvalue weighted by molar-refractivity contribution is 7.08. The molecule has 1 aromatic carbocycles. The summed E-state index contributed by atoms with van der Waals surface area (Å²) in [5, 5.41) is 13.3. The van der Waals surface area contributed by atoms with Crippen LogP contribution in [0.15, 0.2) is 53.6 Å². The lowest BCUT2D eigenvalue weighted by atomic mass is 10.0. The number of anilines is 2. The normalized spacial score (nSPS) is 14.1. The largest absolute Gasteiger partial charge is 0.478 e. The highest BCUT2D eigenvalue weighted by atomic mass is 32.1. The Hall–Kier alpha value is -3.56. The van der Waals surface area contributed by atoms with E-state index in [0.717, 1.165) is 54.4 Å². The van der Waals surface area contributed by atoms with Crippen molar-refractivity contribution in [3.63, 3.8) is 0 Å². The first-order valence-electron chi connectivity index (χ1n) is 10.6. The lowest BCUT2D eigenvalue weighted by molar-refractivity contribution is 0.0699. The summed E-state index contributed by atoms with van der Waals surface area (Å²) in [7, 11) is 2.15. The van der Waals surface area contributed by atoms with Crippen molar-refractivity contribution in [2.45, 2.75) is 6.92 Å². The number of aromatic nitrogens is 3. The third-order valence-electron chi connectivity index (χ3n) is 5.60. The first-order valence-corrected chi connectivity index (χ1v) is 11.5. The van der Waals surface area contributed by atoms with Crippen LogP contribution in [0.2, 0.25) is 0 Å². The van der Waals surface area contributed by atoms with E-state index in [4.69, 9.17) is 5.73 Å². The number of thiophene rings is 1. The van der Waals surface area contributed by atoms with Crippen LogP contribution in [-0.2, 0) is 0 Å². The van der Waals surface area contributed by atoms with Gasteiger partial charge in [0.05, 0.1) is 23.0 Å². The number of carbonyl (C=O) groups is 1. The first kappa shape index (κ1) is 22.6. The fourth-order valence-corrected chi connectivity index (χ4v) is 4.55. The molecule has 0 atom stereocenters. The van der Waals surface area contributed by atoms with Crippen LogP contribution in [0, 0.1) is 6.92 Å². The Kier molecular flexibility index (Phi) is 6.81.